The van der Waals surface area contributed by atoms with Crippen molar-refractivity contribution in [3.8, 4) is 0 Å². The Labute approximate surface area is 160 Å². The first-order valence-corrected chi connectivity index (χ1v) is 9.54. The number of benzene rings is 2. The van der Waals surface area contributed by atoms with Gasteiger partial charge >= 0.3 is 0 Å². The van der Waals surface area contributed by atoms with Crippen LogP contribution in [0, 0.1) is 5.92 Å². The quantitative estimate of drug-likeness (QED) is 0.826. The number of hydrogen-bond donors (Lipinski definition) is 2. The van der Waals surface area contributed by atoms with Crippen molar-refractivity contribution in [2.24, 2.45) is 5.92 Å². The van der Waals surface area contributed by atoms with E-state index in [0.717, 1.165) is 37.4 Å². The van der Waals surface area contributed by atoms with Crippen molar-refractivity contribution in [2.75, 3.05) is 25.0 Å². The number of carbonyl (C=O) groups is 2. The van der Waals surface area contributed by atoms with Crippen LogP contribution in [0.2, 0.25) is 0 Å². The van der Waals surface area contributed by atoms with E-state index >= 15 is 0 Å². The summed E-state index contributed by atoms with van der Waals surface area (Å²) in [5.74, 6) is 0.557. The summed E-state index contributed by atoms with van der Waals surface area (Å²) in [6.45, 7) is 5.07. The van der Waals surface area contributed by atoms with E-state index in [1.54, 1.807) is 18.2 Å². The molecule has 0 bridgehead atoms. The average Bonchev–Trinajstić information content (AvgIpc) is 2.69. The van der Waals surface area contributed by atoms with Crippen molar-refractivity contribution in [3.05, 3.63) is 65.7 Å². The van der Waals surface area contributed by atoms with E-state index in [-0.39, 0.29) is 11.8 Å². The summed E-state index contributed by atoms with van der Waals surface area (Å²) >= 11 is 0. The third kappa shape index (κ3) is 5.93. The summed E-state index contributed by atoms with van der Waals surface area (Å²) < 4.78 is 0. The van der Waals surface area contributed by atoms with Gasteiger partial charge in [-0.15, -0.1) is 0 Å². The molecule has 5 nitrogen and oxygen atoms in total. The van der Waals surface area contributed by atoms with Crippen molar-refractivity contribution in [3.63, 3.8) is 0 Å². The number of hydrogen-bond acceptors (Lipinski definition) is 3. The zero-order chi connectivity index (χ0) is 19.1. The van der Waals surface area contributed by atoms with E-state index in [4.69, 9.17) is 0 Å². The second-order valence-electron chi connectivity index (χ2n) is 7.26. The zero-order valence-corrected chi connectivity index (χ0v) is 15.8. The molecule has 0 radical (unpaired) electrons. The molecule has 27 heavy (non-hydrogen) atoms. The second kappa shape index (κ2) is 9.33. The number of nitrogens with one attached hydrogen (secondary N) is 2. The topological polar surface area (TPSA) is 61.4 Å². The maximum Gasteiger partial charge on any atom is 0.251 e. The lowest BCUT2D eigenvalue weighted by Crippen LogP contribution is -2.38. The Morgan fingerprint density at radius 3 is 2.52 bits per heavy atom. The van der Waals surface area contributed by atoms with E-state index < -0.39 is 0 Å². The summed E-state index contributed by atoms with van der Waals surface area (Å²) in [5, 5.41) is 5.81. The van der Waals surface area contributed by atoms with Crippen LogP contribution >= 0.6 is 0 Å². The smallest absolute Gasteiger partial charge is 0.251 e. The van der Waals surface area contributed by atoms with E-state index in [1.165, 1.54) is 0 Å². The lowest BCUT2D eigenvalue weighted by atomic mass is 9.99. The van der Waals surface area contributed by atoms with Gasteiger partial charge < -0.3 is 10.6 Å². The fourth-order valence-electron chi connectivity index (χ4n) is 3.24. The zero-order valence-electron chi connectivity index (χ0n) is 15.8. The molecule has 1 saturated heterocycles. The highest BCUT2D eigenvalue weighted by Crippen LogP contribution is 2.16. The molecule has 2 N–H and O–H groups in total. The van der Waals surface area contributed by atoms with Crippen LogP contribution in [-0.2, 0) is 11.3 Å². The van der Waals surface area contributed by atoms with Crippen molar-refractivity contribution in [1.29, 1.82) is 0 Å². The van der Waals surface area contributed by atoms with Crippen molar-refractivity contribution in [1.82, 2.24) is 10.2 Å². The molecule has 1 aliphatic rings. The number of likely N-dealkylation sites (tertiary alicyclic amines) is 1. The predicted molar refractivity (Wildman–Crippen MR) is 108 cm³/mol. The summed E-state index contributed by atoms with van der Waals surface area (Å²) in [6.07, 6.45) is 2.29. The van der Waals surface area contributed by atoms with E-state index in [9.17, 15) is 9.59 Å². The molecule has 1 heterocycles. The third-order valence-electron chi connectivity index (χ3n) is 4.95. The molecule has 0 unspecified atom stereocenters. The van der Waals surface area contributed by atoms with Gasteiger partial charge in [-0.3, -0.25) is 14.5 Å². The highest BCUT2D eigenvalue weighted by molar-refractivity contribution is 5.97. The molecule has 2 aromatic carbocycles. The summed E-state index contributed by atoms with van der Waals surface area (Å²) in [5.41, 5.74) is 2.24. The van der Waals surface area contributed by atoms with Gasteiger partial charge in [-0.25, -0.2) is 0 Å². The van der Waals surface area contributed by atoms with Crippen LogP contribution in [0.5, 0.6) is 0 Å². The maximum absolute atomic E-state index is 12.4. The monoisotopic (exact) mass is 365 g/mol. The Bertz CT molecular complexity index is 768. The second-order valence-corrected chi connectivity index (χ2v) is 7.26. The molecular weight excluding hydrogens is 338 g/mol. The van der Waals surface area contributed by atoms with Crippen LogP contribution in [-0.4, -0.2) is 36.3 Å². The largest absolute Gasteiger partial charge is 0.348 e. The molecule has 0 spiro atoms. The van der Waals surface area contributed by atoms with Crippen LogP contribution in [0.15, 0.2) is 54.6 Å². The molecule has 3 rings (SSSR count). The Hall–Kier alpha value is -2.66. The van der Waals surface area contributed by atoms with E-state index in [1.807, 2.05) is 36.4 Å². The van der Waals surface area contributed by atoms with Gasteiger partial charge in [0.05, 0.1) is 6.54 Å². The maximum atomic E-state index is 12.4. The summed E-state index contributed by atoms with van der Waals surface area (Å²) in [7, 11) is 0. The molecule has 5 heteroatoms. The van der Waals surface area contributed by atoms with Gasteiger partial charge in [0, 0.05) is 17.8 Å². The molecule has 1 fully saturated rings. The van der Waals surface area contributed by atoms with Gasteiger partial charge in [0.2, 0.25) is 5.91 Å². The van der Waals surface area contributed by atoms with Crippen LogP contribution in [0.3, 0.4) is 0 Å². The fraction of sp³-hybridized carbons (Fsp3) is 0.364. The Balaban J connectivity index is 1.51. The highest BCUT2D eigenvalue weighted by atomic mass is 16.2. The van der Waals surface area contributed by atoms with Crippen LogP contribution < -0.4 is 10.6 Å². The summed E-state index contributed by atoms with van der Waals surface area (Å²) in [4.78, 5) is 26.9. The number of carbonyl (C=O) groups excluding carboxylic acids is 2. The molecule has 142 valence electrons. The number of anilines is 1. The van der Waals surface area contributed by atoms with Gasteiger partial charge in [-0.1, -0.05) is 43.3 Å². The third-order valence-corrected chi connectivity index (χ3v) is 4.95. The lowest BCUT2D eigenvalue weighted by Gasteiger charge is -2.29. The van der Waals surface area contributed by atoms with Crippen molar-refractivity contribution < 1.29 is 9.59 Å². The van der Waals surface area contributed by atoms with Crippen molar-refractivity contribution in [2.45, 2.75) is 26.3 Å². The first kappa shape index (κ1) is 19.1. The molecular formula is C22H27N3O2. The molecule has 0 aromatic heterocycles. The molecule has 0 saturated carbocycles. The first-order valence-electron chi connectivity index (χ1n) is 9.54. The molecule has 1 aliphatic heterocycles. The number of piperidine rings is 1. The van der Waals surface area contributed by atoms with E-state index in [0.29, 0.717) is 24.3 Å². The standard InChI is InChI=1S/C22H27N3O2/c1-17-10-12-25(13-11-17)16-21(26)24-20-9-5-8-19(14-20)22(27)23-15-18-6-3-2-4-7-18/h2-9,14,17H,10-13,15-16H2,1H3,(H,23,27)(H,24,26). The highest BCUT2D eigenvalue weighted by Gasteiger charge is 2.18. The molecule has 0 atom stereocenters. The summed E-state index contributed by atoms with van der Waals surface area (Å²) in [6, 6.07) is 16.8. The fourth-order valence-corrected chi connectivity index (χ4v) is 3.24. The molecule has 0 aliphatic carbocycles. The Morgan fingerprint density at radius 1 is 1.04 bits per heavy atom. The number of rotatable bonds is 6. The Kier molecular flexibility index (Phi) is 6.60. The van der Waals surface area contributed by atoms with Crippen molar-refractivity contribution >= 4 is 17.5 Å². The Morgan fingerprint density at radius 2 is 1.78 bits per heavy atom. The van der Waals surface area contributed by atoms with Gasteiger partial charge in [0.25, 0.3) is 5.91 Å². The number of nitrogens with zero attached hydrogens (tertiary/aromatic N) is 1. The van der Waals surface area contributed by atoms with Gasteiger partial charge in [-0.2, -0.15) is 0 Å². The van der Waals surface area contributed by atoms with Crippen LogP contribution in [0.4, 0.5) is 5.69 Å². The van der Waals surface area contributed by atoms with Gasteiger partial charge in [0.1, 0.15) is 0 Å². The van der Waals surface area contributed by atoms with Gasteiger partial charge in [0.15, 0.2) is 0 Å². The normalized spacial score (nSPS) is 15.3. The van der Waals surface area contributed by atoms with Crippen LogP contribution in [0.25, 0.3) is 0 Å². The lowest BCUT2D eigenvalue weighted by molar-refractivity contribution is -0.117. The van der Waals surface area contributed by atoms with E-state index in [2.05, 4.69) is 22.5 Å². The SMILES string of the molecule is CC1CCN(CC(=O)Nc2cccc(C(=O)NCc3ccccc3)c2)CC1. The molecule has 2 aromatic rings. The first-order chi connectivity index (χ1) is 13.1. The average molecular weight is 365 g/mol. The van der Waals surface area contributed by atoms with Gasteiger partial charge in [-0.05, 0) is 55.6 Å². The minimum absolute atomic E-state index is 0.0357. The minimum Gasteiger partial charge on any atom is -0.348 e. The van der Waals surface area contributed by atoms with Crippen LogP contribution in [0.1, 0.15) is 35.7 Å². The predicted octanol–water partition coefficient (Wildman–Crippen LogP) is 3.29. The minimum atomic E-state index is -0.153. The number of amides is 2. The molecule has 2 amide bonds.